The molecule has 7 rings (SSSR count). The molecule has 5 heterocycles. The minimum Gasteiger partial charge on any atom is -0.383 e. The van der Waals surface area contributed by atoms with E-state index in [1.165, 1.54) is 24.5 Å². The molecule has 0 spiro atoms. The van der Waals surface area contributed by atoms with Crippen molar-refractivity contribution >= 4 is 28.8 Å². The van der Waals surface area contributed by atoms with Crippen molar-refractivity contribution in [1.29, 1.82) is 0 Å². The van der Waals surface area contributed by atoms with Gasteiger partial charge in [-0.25, -0.2) is 14.8 Å². The van der Waals surface area contributed by atoms with Gasteiger partial charge < -0.3 is 25.5 Å². The molecule has 3 amide bonds. The number of carbonyl (C=O) groups is 2. The highest BCUT2D eigenvalue weighted by atomic mass is 16.3. The van der Waals surface area contributed by atoms with Crippen LogP contribution in [-0.4, -0.2) is 90.0 Å². The van der Waals surface area contributed by atoms with Crippen molar-refractivity contribution in [2.75, 3.05) is 38.5 Å². The lowest BCUT2D eigenvalue weighted by molar-refractivity contribution is -0.128. The Morgan fingerprint density at radius 1 is 1.09 bits per heavy atom. The summed E-state index contributed by atoms with van der Waals surface area (Å²) in [4.78, 5) is 44.6. The minimum atomic E-state index is -1.27. The third-order valence-electron chi connectivity index (χ3n) is 9.17. The van der Waals surface area contributed by atoms with Crippen LogP contribution in [-0.2, 0) is 10.4 Å². The van der Waals surface area contributed by atoms with Crippen molar-refractivity contribution in [3.05, 3.63) is 78.8 Å². The van der Waals surface area contributed by atoms with Gasteiger partial charge in [0.05, 0.1) is 40.7 Å². The number of hydrogen-bond donors (Lipinski definition) is 2. The van der Waals surface area contributed by atoms with Gasteiger partial charge in [0.2, 0.25) is 5.91 Å². The fraction of sp³-hybridized carbons (Fsp3) is 0.364. The Hall–Kier alpha value is -4.77. The Labute approximate surface area is 255 Å². The first-order chi connectivity index (χ1) is 21.3. The number of amides is 3. The summed E-state index contributed by atoms with van der Waals surface area (Å²) in [6.07, 6.45) is 7.48. The molecule has 0 unspecified atom stereocenters. The van der Waals surface area contributed by atoms with E-state index in [9.17, 15) is 14.7 Å². The number of carbonyl (C=O) groups excluding carboxylic acids is 2. The zero-order valence-electron chi connectivity index (χ0n) is 24.8. The number of anilines is 1. The van der Waals surface area contributed by atoms with Gasteiger partial charge in [0.1, 0.15) is 17.2 Å². The predicted octanol–water partition coefficient (Wildman–Crippen LogP) is 3.67. The molecule has 1 aliphatic carbocycles. The number of benzene rings is 1. The standard InChI is InChI=1S/C33H36N8O3/c1-3-29(42)38-15-16-40(21(2)19-38)32(43)39-14-12-33(44,20-39)28-11-9-24(18-36-28)41-27-17-23(22-6-7-22)8-10-26(27)37-31(41)25-5-4-13-35-30(25)34/h3-5,8-11,13,17-18,21-22,44H,1,6-7,12,14-16,19-20H2,2H3,(H2,34,35)/t21-,33+/m0/s1. The minimum absolute atomic E-state index is 0.128. The summed E-state index contributed by atoms with van der Waals surface area (Å²) in [5.41, 5.74) is 10.2. The Bertz CT molecular complexity index is 1760. The molecule has 2 saturated heterocycles. The second-order valence-corrected chi connectivity index (χ2v) is 12.1. The first-order valence-electron chi connectivity index (χ1n) is 15.1. The number of fused-ring (bicyclic) bond motifs is 1. The normalized spacial score (nSPS) is 22.0. The zero-order valence-corrected chi connectivity index (χ0v) is 24.8. The first kappa shape index (κ1) is 28.0. The molecule has 44 heavy (non-hydrogen) atoms. The number of rotatable bonds is 5. The molecule has 3 fully saturated rings. The number of β-amino-alcohol motifs (C(OH)–C–C–N with tert-alkyl or cyclic N) is 1. The smallest absolute Gasteiger partial charge is 0.320 e. The van der Waals surface area contributed by atoms with E-state index in [1.54, 1.807) is 27.1 Å². The van der Waals surface area contributed by atoms with E-state index in [0.29, 0.717) is 55.9 Å². The lowest BCUT2D eigenvalue weighted by Crippen LogP contribution is -2.58. The number of hydrogen-bond acceptors (Lipinski definition) is 7. The number of likely N-dealkylation sites (tertiary alicyclic amines) is 1. The van der Waals surface area contributed by atoms with Gasteiger partial charge in [-0.2, -0.15) is 0 Å². The number of aromatic nitrogens is 4. The molecule has 0 bridgehead atoms. The van der Waals surface area contributed by atoms with Crippen LogP contribution in [0.25, 0.3) is 28.1 Å². The average molecular weight is 593 g/mol. The van der Waals surface area contributed by atoms with Gasteiger partial charge >= 0.3 is 6.03 Å². The third-order valence-corrected chi connectivity index (χ3v) is 9.17. The molecule has 11 heteroatoms. The summed E-state index contributed by atoms with van der Waals surface area (Å²) >= 11 is 0. The molecular weight excluding hydrogens is 556 g/mol. The summed E-state index contributed by atoms with van der Waals surface area (Å²) in [5.74, 6) is 1.52. The van der Waals surface area contributed by atoms with E-state index in [1.807, 2.05) is 31.2 Å². The number of pyridine rings is 2. The summed E-state index contributed by atoms with van der Waals surface area (Å²) in [6, 6.07) is 13.7. The molecule has 3 N–H and O–H groups in total. The van der Waals surface area contributed by atoms with E-state index in [4.69, 9.17) is 15.7 Å². The summed E-state index contributed by atoms with van der Waals surface area (Å²) in [7, 11) is 0. The monoisotopic (exact) mass is 592 g/mol. The van der Waals surface area contributed by atoms with Gasteiger partial charge in [0.25, 0.3) is 0 Å². The third kappa shape index (κ3) is 4.86. The molecule has 3 aliphatic rings. The van der Waals surface area contributed by atoms with E-state index in [0.717, 1.165) is 22.3 Å². The number of piperazine rings is 1. The molecule has 0 radical (unpaired) electrons. The average Bonchev–Trinajstić information content (AvgIpc) is 3.71. The maximum absolute atomic E-state index is 13.5. The second kappa shape index (κ2) is 10.7. The van der Waals surface area contributed by atoms with Gasteiger partial charge in [-0.15, -0.1) is 0 Å². The van der Waals surface area contributed by atoms with Crippen LogP contribution in [0.2, 0.25) is 0 Å². The van der Waals surface area contributed by atoms with E-state index in [-0.39, 0.29) is 24.5 Å². The maximum atomic E-state index is 13.5. The number of nitrogens with two attached hydrogens (primary N) is 1. The molecule has 4 aromatic rings. The van der Waals surface area contributed by atoms with Gasteiger partial charge in [-0.1, -0.05) is 12.6 Å². The van der Waals surface area contributed by atoms with E-state index >= 15 is 0 Å². The first-order valence-corrected chi connectivity index (χ1v) is 15.1. The van der Waals surface area contributed by atoms with Gasteiger partial charge in [-0.05, 0) is 73.7 Å². The van der Waals surface area contributed by atoms with Crippen molar-refractivity contribution < 1.29 is 14.7 Å². The summed E-state index contributed by atoms with van der Waals surface area (Å²) in [5, 5.41) is 11.7. The van der Waals surface area contributed by atoms with Crippen molar-refractivity contribution in [3.63, 3.8) is 0 Å². The van der Waals surface area contributed by atoms with Crippen molar-refractivity contribution in [2.24, 2.45) is 0 Å². The molecule has 226 valence electrons. The molecule has 1 saturated carbocycles. The fourth-order valence-corrected chi connectivity index (χ4v) is 6.52. The Balaban J connectivity index is 1.15. The molecule has 11 nitrogen and oxygen atoms in total. The van der Waals surface area contributed by atoms with Crippen LogP contribution in [0.3, 0.4) is 0 Å². The number of imidazole rings is 1. The zero-order chi connectivity index (χ0) is 30.6. The number of nitrogens with zero attached hydrogens (tertiary/aromatic N) is 7. The largest absolute Gasteiger partial charge is 0.383 e. The highest BCUT2D eigenvalue weighted by Gasteiger charge is 2.43. The lowest BCUT2D eigenvalue weighted by atomic mass is 9.98. The predicted molar refractivity (Wildman–Crippen MR) is 167 cm³/mol. The van der Waals surface area contributed by atoms with Crippen LogP contribution in [0.5, 0.6) is 0 Å². The summed E-state index contributed by atoms with van der Waals surface area (Å²) < 4.78 is 2.05. The molecule has 3 aromatic heterocycles. The lowest BCUT2D eigenvalue weighted by Gasteiger charge is -2.41. The molecule has 2 atom stereocenters. The van der Waals surface area contributed by atoms with E-state index in [2.05, 4.69) is 34.3 Å². The highest BCUT2D eigenvalue weighted by Crippen LogP contribution is 2.42. The van der Waals surface area contributed by atoms with E-state index < -0.39 is 5.60 Å². The van der Waals surface area contributed by atoms with Crippen LogP contribution in [0, 0.1) is 0 Å². The quantitative estimate of drug-likeness (QED) is 0.338. The van der Waals surface area contributed by atoms with Crippen LogP contribution in [0.1, 0.15) is 43.4 Å². The second-order valence-electron chi connectivity index (χ2n) is 12.1. The number of nitrogen functional groups attached to an aromatic ring is 1. The number of urea groups is 1. The topological polar surface area (TPSA) is 134 Å². The Morgan fingerprint density at radius 3 is 2.64 bits per heavy atom. The van der Waals surface area contributed by atoms with Crippen LogP contribution in [0.15, 0.2) is 67.5 Å². The SMILES string of the molecule is C=CC(=O)N1CCN(C(=O)N2CC[C@](O)(c3ccc(-n4c(-c5cccnc5N)nc5ccc(C6CC6)cc54)cn3)C2)[C@@H](C)C1. The van der Waals surface area contributed by atoms with Crippen molar-refractivity contribution in [1.82, 2.24) is 34.2 Å². The molecule has 2 aliphatic heterocycles. The maximum Gasteiger partial charge on any atom is 0.320 e. The molecule has 1 aromatic carbocycles. The van der Waals surface area contributed by atoms with Crippen molar-refractivity contribution in [2.45, 2.75) is 43.7 Å². The fourth-order valence-electron chi connectivity index (χ4n) is 6.52. The van der Waals surface area contributed by atoms with Gasteiger partial charge in [0.15, 0.2) is 0 Å². The van der Waals surface area contributed by atoms with Crippen LogP contribution >= 0.6 is 0 Å². The molecular formula is C33H36N8O3. The van der Waals surface area contributed by atoms with Crippen LogP contribution in [0.4, 0.5) is 10.6 Å². The Kier molecular flexibility index (Phi) is 6.84. The van der Waals surface area contributed by atoms with Crippen LogP contribution < -0.4 is 5.73 Å². The van der Waals surface area contributed by atoms with Gasteiger partial charge in [-0.3, -0.25) is 14.3 Å². The van der Waals surface area contributed by atoms with Crippen molar-refractivity contribution in [3.8, 4) is 17.1 Å². The summed E-state index contributed by atoms with van der Waals surface area (Å²) in [6.45, 7) is 7.41. The number of aliphatic hydroxyl groups is 1. The Morgan fingerprint density at radius 2 is 1.93 bits per heavy atom. The van der Waals surface area contributed by atoms with Gasteiger partial charge in [0, 0.05) is 44.8 Å². The highest BCUT2D eigenvalue weighted by molar-refractivity contribution is 5.87.